The summed E-state index contributed by atoms with van der Waals surface area (Å²) in [5.41, 5.74) is 0. The van der Waals surface area contributed by atoms with Crippen molar-refractivity contribution in [1.82, 2.24) is 14.8 Å². The lowest BCUT2D eigenvalue weighted by Crippen LogP contribution is -2.43. The maximum absolute atomic E-state index is 12.8. The van der Waals surface area contributed by atoms with Crippen molar-refractivity contribution in [2.75, 3.05) is 39.9 Å². The zero-order valence-corrected chi connectivity index (χ0v) is 14.3. The molecule has 23 heavy (non-hydrogen) atoms. The van der Waals surface area contributed by atoms with Crippen molar-refractivity contribution in [1.29, 1.82) is 0 Å². The van der Waals surface area contributed by atoms with Crippen molar-refractivity contribution in [3.63, 3.8) is 0 Å². The first-order valence-corrected chi connectivity index (χ1v) is 9.02. The van der Waals surface area contributed by atoms with E-state index in [1.807, 2.05) is 16.5 Å². The van der Waals surface area contributed by atoms with Gasteiger partial charge in [0.2, 0.25) is 11.8 Å². The average molecular weight is 337 g/mol. The van der Waals surface area contributed by atoms with Crippen molar-refractivity contribution >= 4 is 23.2 Å². The molecular weight excluding hydrogens is 314 g/mol. The fourth-order valence-electron chi connectivity index (χ4n) is 3.43. The van der Waals surface area contributed by atoms with Crippen molar-refractivity contribution in [2.45, 2.75) is 25.2 Å². The van der Waals surface area contributed by atoms with Crippen LogP contribution in [0, 0.1) is 5.92 Å². The van der Waals surface area contributed by atoms with Gasteiger partial charge in [-0.15, -0.1) is 11.3 Å². The monoisotopic (exact) mass is 337 g/mol. The van der Waals surface area contributed by atoms with E-state index in [9.17, 15) is 9.59 Å². The number of carbonyl (C=O) groups excluding carboxylic acids is 2. The Labute approximate surface area is 140 Å². The molecule has 0 saturated carbocycles. The number of amides is 2. The highest BCUT2D eigenvalue weighted by molar-refractivity contribution is 7.09. The maximum Gasteiger partial charge on any atom is 0.228 e. The molecule has 0 unspecified atom stereocenters. The largest absolute Gasteiger partial charge is 0.383 e. The van der Waals surface area contributed by atoms with Crippen molar-refractivity contribution < 1.29 is 14.3 Å². The standard InChI is InChI=1S/C16H23N3O3S/c1-22-7-6-18-11-13(9-14(18)20)16(21)19-5-2-3-12(10-19)15-17-4-8-23-15/h4,8,12-13H,2-3,5-7,9-11H2,1H3/t12-,13+/m1/s1. The summed E-state index contributed by atoms with van der Waals surface area (Å²) in [5.74, 6) is 0.331. The Balaban J connectivity index is 1.58. The van der Waals surface area contributed by atoms with Crippen LogP contribution in [0.4, 0.5) is 0 Å². The first kappa shape index (κ1) is 16.4. The molecule has 0 aliphatic carbocycles. The van der Waals surface area contributed by atoms with Gasteiger partial charge in [-0.3, -0.25) is 9.59 Å². The van der Waals surface area contributed by atoms with Gasteiger partial charge in [0.05, 0.1) is 17.5 Å². The van der Waals surface area contributed by atoms with Gasteiger partial charge in [0.25, 0.3) is 0 Å². The maximum atomic E-state index is 12.8. The SMILES string of the molecule is COCCN1C[C@@H](C(=O)N2CCC[C@@H](c3nccs3)C2)CC1=O. The first-order valence-electron chi connectivity index (χ1n) is 8.14. The van der Waals surface area contributed by atoms with Gasteiger partial charge >= 0.3 is 0 Å². The molecule has 6 nitrogen and oxygen atoms in total. The zero-order valence-electron chi connectivity index (χ0n) is 13.4. The van der Waals surface area contributed by atoms with E-state index < -0.39 is 0 Å². The number of methoxy groups -OCH3 is 1. The molecule has 0 aromatic carbocycles. The lowest BCUT2D eigenvalue weighted by molar-refractivity contribution is -0.137. The average Bonchev–Trinajstić information content (AvgIpc) is 3.22. The van der Waals surface area contributed by atoms with E-state index in [1.54, 1.807) is 23.3 Å². The predicted octanol–water partition coefficient (Wildman–Crippen LogP) is 1.34. The summed E-state index contributed by atoms with van der Waals surface area (Å²) in [6.07, 6.45) is 4.25. The number of piperidine rings is 1. The topological polar surface area (TPSA) is 62.7 Å². The predicted molar refractivity (Wildman–Crippen MR) is 87.2 cm³/mol. The van der Waals surface area contributed by atoms with Crippen LogP contribution in [0.15, 0.2) is 11.6 Å². The summed E-state index contributed by atoms with van der Waals surface area (Å²) >= 11 is 1.66. The van der Waals surface area contributed by atoms with Crippen LogP contribution in [0.5, 0.6) is 0 Å². The molecule has 126 valence electrons. The number of thiazole rings is 1. The van der Waals surface area contributed by atoms with Gasteiger partial charge in [0.15, 0.2) is 0 Å². The summed E-state index contributed by atoms with van der Waals surface area (Å²) in [6, 6.07) is 0. The molecule has 7 heteroatoms. The van der Waals surface area contributed by atoms with Crippen molar-refractivity contribution in [3.05, 3.63) is 16.6 Å². The number of nitrogens with zero attached hydrogens (tertiary/aromatic N) is 3. The Bertz CT molecular complexity index is 549. The summed E-state index contributed by atoms with van der Waals surface area (Å²) in [7, 11) is 1.62. The Morgan fingerprint density at radius 3 is 3.09 bits per heavy atom. The Kier molecular flexibility index (Phi) is 5.27. The van der Waals surface area contributed by atoms with E-state index in [0.717, 1.165) is 30.9 Å². The van der Waals surface area contributed by atoms with Gasteiger partial charge in [-0.1, -0.05) is 0 Å². The highest BCUT2D eigenvalue weighted by Crippen LogP contribution is 2.30. The van der Waals surface area contributed by atoms with Gasteiger partial charge in [0.1, 0.15) is 0 Å². The van der Waals surface area contributed by atoms with Gasteiger partial charge in [-0.2, -0.15) is 0 Å². The smallest absolute Gasteiger partial charge is 0.228 e. The van der Waals surface area contributed by atoms with Gasteiger partial charge < -0.3 is 14.5 Å². The van der Waals surface area contributed by atoms with Gasteiger partial charge in [-0.25, -0.2) is 4.98 Å². The zero-order chi connectivity index (χ0) is 16.2. The molecule has 2 aliphatic heterocycles. The third-order valence-electron chi connectivity index (χ3n) is 4.66. The van der Waals surface area contributed by atoms with Crippen LogP contribution in [-0.4, -0.2) is 66.5 Å². The van der Waals surface area contributed by atoms with E-state index in [2.05, 4.69) is 4.98 Å². The molecule has 2 saturated heterocycles. The quantitative estimate of drug-likeness (QED) is 0.813. The molecule has 2 atom stereocenters. The lowest BCUT2D eigenvalue weighted by atomic mass is 9.96. The third kappa shape index (κ3) is 3.72. The fraction of sp³-hybridized carbons (Fsp3) is 0.688. The van der Waals surface area contributed by atoms with Crippen LogP contribution in [0.1, 0.15) is 30.2 Å². The molecule has 3 heterocycles. The molecule has 0 radical (unpaired) electrons. The number of aromatic nitrogens is 1. The third-order valence-corrected chi connectivity index (χ3v) is 5.60. The number of hydrogen-bond acceptors (Lipinski definition) is 5. The Hall–Kier alpha value is -1.47. The second-order valence-electron chi connectivity index (χ2n) is 6.23. The second kappa shape index (κ2) is 7.40. The van der Waals surface area contributed by atoms with Crippen molar-refractivity contribution in [3.8, 4) is 0 Å². The lowest BCUT2D eigenvalue weighted by Gasteiger charge is -2.33. The highest BCUT2D eigenvalue weighted by Gasteiger charge is 2.37. The molecule has 3 rings (SSSR count). The van der Waals surface area contributed by atoms with E-state index >= 15 is 0 Å². The molecular formula is C16H23N3O3S. The van der Waals surface area contributed by atoms with Crippen LogP contribution in [-0.2, 0) is 14.3 Å². The molecule has 0 spiro atoms. The minimum atomic E-state index is -0.200. The fourth-order valence-corrected chi connectivity index (χ4v) is 4.20. The molecule has 0 N–H and O–H groups in total. The van der Waals surface area contributed by atoms with E-state index in [4.69, 9.17) is 4.74 Å². The normalized spacial score (nSPS) is 25.2. The molecule has 0 bridgehead atoms. The molecule has 2 aliphatic rings. The molecule has 2 amide bonds. The van der Waals surface area contributed by atoms with Crippen LogP contribution >= 0.6 is 11.3 Å². The van der Waals surface area contributed by atoms with E-state index in [1.165, 1.54) is 0 Å². The number of hydrogen-bond donors (Lipinski definition) is 0. The summed E-state index contributed by atoms with van der Waals surface area (Å²) < 4.78 is 5.02. The van der Waals surface area contributed by atoms with Crippen molar-refractivity contribution in [2.24, 2.45) is 5.92 Å². The summed E-state index contributed by atoms with van der Waals surface area (Å²) in [4.78, 5) is 32.9. The Morgan fingerprint density at radius 1 is 1.48 bits per heavy atom. The molecule has 2 fully saturated rings. The summed E-state index contributed by atoms with van der Waals surface area (Å²) in [6.45, 7) is 3.14. The van der Waals surface area contributed by atoms with Crippen LogP contribution in [0.3, 0.4) is 0 Å². The first-order chi connectivity index (χ1) is 11.2. The second-order valence-corrected chi connectivity index (χ2v) is 7.15. The van der Waals surface area contributed by atoms with Crippen LogP contribution in [0.2, 0.25) is 0 Å². The number of rotatable bonds is 5. The van der Waals surface area contributed by atoms with E-state index in [-0.39, 0.29) is 17.7 Å². The molecule has 1 aromatic rings. The van der Waals surface area contributed by atoms with Crippen LogP contribution in [0.25, 0.3) is 0 Å². The summed E-state index contributed by atoms with van der Waals surface area (Å²) in [5, 5.41) is 3.10. The van der Waals surface area contributed by atoms with E-state index in [0.29, 0.717) is 32.0 Å². The Morgan fingerprint density at radius 2 is 2.35 bits per heavy atom. The number of likely N-dealkylation sites (tertiary alicyclic amines) is 2. The highest BCUT2D eigenvalue weighted by atomic mass is 32.1. The minimum absolute atomic E-state index is 0.0638. The minimum Gasteiger partial charge on any atom is -0.383 e. The van der Waals surface area contributed by atoms with Gasteiger partial charge in [0, 0.05) is 57.2 Å². The van der Waals surface area contributed by atoms with Gasteiger partial charge in [-0.05, 0) is 12.8 Å². The molecule has 1 aromatic heterocycles. The number of ether oxygens (including phenoxy) is 1. The van der Waals surface area contributed by atoms with Crippen LogP contribution < -0.4 is 0 Å². The number of carbonyl (C=O) groups is 2.